The van der Waals surface area contributed by atoms with E-state index < -0.39 is 0 Å². The zero-order valence-corrected chi connectivity index (χ0v) is 10.4. The van der Waals surface area contributed by atoms with Gasteiger partial charge in [0.05, 0.1) is 5.69 Å². The summed E-state index contributed by atoms with van der Waals surface area (Å²) in [6.07, 6.45) is 0. The van der Waals surface area contributed by atoms with Crippen molar-refractivity contribution >= 4 is 0 Å². The lowest BCUT2D eigenvalue weighted by atomic mass is 9.91. The minimum Gasteiger partial charge on any atom is -0.296 e. The lowest BCUT2D eigenvalue weighted by Crippen LogP contribution is -2.52. The van der Waals surface area contributed by atoms with Gasteiger partial charge in [0.2, 0.25) is 0 Å². The van der Waals surface area contributed by atoms with Gasteiger partial charge in [-0.3, -0.25) is 9.58 Å². The number of nitrogens with zero attached hydrogens (tertiary/aromatic N) is 3. The van der Waals surface area contributed by atoms with Gasteiger partial charge in [-0.15, -0.1) is 0 Å². The third-order valence-corrected chi connectivity index (χ3v) is 3.94. The summed E-state index contributed by atoms with van der Waals surface area (Å²) in [5.74, 6) is 0.849. The zero-order valence-electron chi connectivity index (χ0n) is 10.4. The molecule has 15 heavy (non-hydrogen) atoms. The van der Waals surface area contributed by atoms with Gasteiger partial charge in [0, 0.05) is 37.4 Å². The number of hydrogen-bond donors (Lipinski definition) is 0. The molecule has 0 spiro atoms. The van der Waals surface area contributed by atoms with Crippen LogP contribution in [0.4, 0.5) is 0 Å². The third-order valence-electron chi connectivity index (χ3n) is 3.94. The molecule has 1 aliphatic heterocycles. The van der Waals surface area contributed by atoms with E-state index in [0.717, 1.165) is 18.5 Å². The first-order valence-corrected chi connectivity index (χ1v) is 5.73. The normalized spacial score (nSPS) is 26.7. The van der Waals surface area contributed by atoms with Crippen LogP contribution in [0.3, 0.4) is 0 Å². The summed E-state index contributed by atoms with van der Waals surface area (Å²) in [4.78, 5) is 2.53. The Morgan fingerprint density at radius 1 is 1.33 bits per heavy atom. The van der Waals surface area contributed by atoms with Crippen LogP contribution in [0, 0.1) is 19.8 Å². The van der Waals surface area contributed by atoms with Crippen LogP contribution < -0.4 is 0 Å². The molecule has 0 bridgehead atoms. The van der Waals surface area contributed by atoms with Crippen molar-refractivity contribution in [2.24, 2.45) is 13.0 Å². The molecule has 1 aromatic rings. The number of rotatable bonds is 2. The minimum absolute atomic E-state index is 0.726. The van der Waals surface area contributed by atoms with Gasteiger partial charge < -0.3 is 0 Å². The second kappa shape index (κ2) is 3.63. The van der Waals surface area contributed by atoms with E-state index in [1.165, 1.54) is 23.5 Å². The Hall–Kier alpha value is -0.830. The fourth-order valence-corrected chi connectivity index (χ4v) is 2.37. The highest BCUT2D eigenvalue weighted by Crippen LogP contribution is 2.27. The van der Waals surface area contributed by atoms with Crippen LogP contribution in [0.15, 0.2) is 0 Å². The second-order valence-electron chi connectivity index (χ2n) is 4.92. The standard InChI is InChI=1S/C12H21N3/c1-8-6-15(10(8)3)7-12-9(2)13-14(5)11(12)4/h8,10H,6-7H2,1-5H3/t8-,10-/m0/s1. The van der Waals surface area contributed by atoms with Crippen LogP contribution in [0.5, 0.6) is 0 Å². The van der Waals surface area contributed by atoms with Crippen LogP contribution in [0.2, 0.25) is 0 Å². The smallest absolute Gasteiger partial charge is 0.0641 e. The molecule has 0 saturated carbocycles. The highest BCUT2D eigenvalue weighted by Gasteiger charge is 2.32. The molecule has 0 radical (unpaired) electrons. The fourth-order valence-electron chi connectivity index (χ4n) is 2.37. The molecule has 0 N–H and O–H groups in total. The van der Waals surface area contributed by atoms with Crippen molar-refractivity contribution in [2.45, 2.75) is 40.3 Å². The molecular weight excluding hydrogens is 186 g/mol. The van der Waals surface area contributed by atoms with Crippen molar-refractivity contribution in [3.63, 3.8) is 0 Å². The highest BCUT2D eigenvalue weighted by molar-refractivity contribution is 5.24. The minimum atomic E-state index is 0.726. The summed E-state index contributed by atoms with van der Waals surface area (Å²) in [7, 11) is 2.02. The van der Waals surface area contributed by atoms with Crippen molar-refractivity contribution in [2.75, 3.05) is 6.54 Å². The maximum absolute atomic E-state index is 4.46. The van der Waals surface area contributed by atoms with Gasteiger partial charge in [-0.05, 0) is 26.7 Å². The van der Waals surface area contributed by atoms with Gasteiger partial charge in [-0.25, -0.2) is 0 Å². The van der Waals surface area contributed by atoms with E-state index in [1.807, 2.05) is 11.7 Å². The molecule has 1 saturated heterocycles. The summed E-state index contributed by atoms with van der Waals surface area (Å²) in [6, 6.07) is 0.726. The van der Waals surface area contributed by atoms with E-state index in [4.69, 9.17) is 0 Å². The fraction of sp³-hybridized carbons (Fsp3) is 0.750. The third kappa shape index (κ3) is 1.69. The second-order valence-corrected chi connectivity index (χ2v) is 4.92. The molecule has 1 aliphatic rings. The maximum Gasteiger partial charge on any atom is 0.0641 e. The van der Waals surface area contributed by atoms with Crippen molar-refractivity contribution in [1.82, 2.24) is 14.7 Å². The highest BCUT2D eigenvalue weighted by atomic mass is 15.3. The molecule has 1 fully saturated rings. The summed E-state index contributed by atoms with van der Waals surface area (Å²) >= 11 is 0. The Morgan fingerprint density at radius 2 is 2.00 bits per heavy atom. The molecule has 2 atom stereocenters. The number of aryl methyl sites for hydroxylation is 2. The van der Waals surface area contributed by atoms with Gasteiger partial charge in [0.15, 0.2) is 0 Å². The average molecular weight is 207 g/mol. The van der Waals surface area contributed by atoms with Crippen molar-refractivity contribution in [3.8, 4) is 0 Å². The SMILES string of the molecule is Cc1nn(C)c(C)c1CN1C[C@H](C)[C@@H]1C. The first-order chi connectivity index (χ1) is 7.00. The number of hydrogen-bond acceptors (Lipinski definition) is 2. The molecular formula is C12H21N3. The Labute approximate surface area is 92.1 Å². The molecule has 0 amide bonds. The van der Waals surface area contributed by atoms with E-state index in [9.17, 15) is 0 Å². The molecule has 3 heteroatoms. The summed E-state index contributed by atoms with van der Waals surface area (Å²) in [5.41, 5.74) is 3.90. The number of likely N-dealkylation sites (tertiary alicyclic amines) is 1. The molecule has 0 aromatic carbocycles. The quantitative estimate of drug-likeness (QED) is 0.738. The first-order valence-electron chi connectivity index (χ1n) is 5.73. The van der Waals surface area contributed by atoms with Crippen LogP contribution in [0.1, 0.15) is 30.8 Å². The average Bonchev–Trinajstić information content (AvgIpc) is 2.43. The van der Waals surface area contributed by atoms with E-state index >= 15 is 0 Å². The van der Waals surface area contributed by atoms with Gasteiger partial charge in [0.25, 0.3) is 0 Å². The van der Waals surface area contributed by atoms with Gasteiger partial charge in [-0.2, -0.15) is 5.10 Å². The van der Waals surface area contributed by atoms with E-state index in [2.05, 4.69) is 37.7 Å². The van der Waals surface area contributed by atoms with Crippen LogP contribution in [0.25, 0.3) is 0 Å². The molecule has 2 rings (SSSR count). The Kier molecular flexibility index (Phi) is 2.59. The van der Waals surface area contributed by atoms with Gasteiger partial charge in [0.1, 0.15) is 0 Å². The topological polar surface area (TPSA) is 21.1 Å². The number of aromatic nitrogens is 2. The van der Waals surface area contributed by atoms with Crippen molar-refractivity contribution in [1.29, 1.82) is 0 Å². The molecule has 0 unspecified atom stereocenters. The Bertz CT molecular complexity index is 367. The van der Waals surface area contributed by atoms with Crippen molar-refractivity contribution < 1.29 is 0 Å². The van der Waals surface area contributed by atoms with Gasteiger partial charge in [-0.1, -0.05) is 6.92 Å². The van der Waals surface area contributed by atoms with Crippen LogP contribution >= 0.6 is 0 Å². The monoisotopic (exact) mass is 207 g/mol. The molecule has 84 valence electrons. The molecule has 0 aliphatic carbocycles. The predicted molar refractivity (Wildman–Crippen MR) is 61.7 cm³/mol. The lowest BCUT2D eigenvalue weighted by molar-refractivity contribution is 0.0303. The van der Waals surface area contributed by atoms with Crippen LogP contribution in [-0.2, 0) is 13.6 Å². The molecule has 2 heterocycles. The van der Waals surface area contributed by atoms with E-state index in [1.54, 1.807) is 0 Å². The van der Waals surface area contributed by atoms with E-state index in [-0.39, 0.29) is 0 Å². The summed E-state index contributed by atoms with van der Waals surface area (Å²) in [6.45, 7) is 11.2. The molecule has 3 nitrogen and oxygen atoms in total. The van der Waals surface area contributed by atoms with Crippen molar-refractivity contribution in [3.05, 3.63) is 17.0 Å². The van der Waals surface area contributed by atoms with Gasteiger partial charge >= 0.3 is 0 Å². The predicted octanol–water partition coefficient (Wildman–Crippen LogP) is 1.88. The zero-order chi connectivity index (χ0) is 11.2. The Balaban J connectivity index is 2.11. The maximum atomic E-state index is 4.46. The molecule has 1 aromatic heterocycles. The largest absolute Gasteiger partial charge is 0.296 e. The Morgan fingerprint density at radius 3 is 2.40 bits per heavy atom. The lowest BCUT2D eigenvalue weighted by Gasteiger charge is -2.45. The van der Waals surface area contributed by atoms with Crippen LogP contribution in [-0.4, -0.2) is 27.3 Å². The first kappa shape index (κ1) is 10.7. The summed E-state index contributed by atoms with van der Waals surface area (Å²) < 4.78 is 1.98. The summed E-state index contributed by atoms with van der Waals surface area (Å²) in [5, 5.41) is 4.46. The van der Waals surface area contributed by atoms with E-state index in [0.29, 0.717) is 0 Å².